The molecule has 0 amide bonds. The van der Waals surface area contributed by atoms with E-state index in [2.05, 4.69) is 11.8 Å². The second-order valence-corrected chi connectivity index (χ2v) is 7.71. The van der Waals surface area contributed by atoms with Crippen molar-refractivity contribution in [2.24, 2.45) is 0 Å². The molecule has 0 radical (unpaired) electrons. The zero-order valence-electron chi connectivity index (χ0n) is 17.5. The lowest BCUT2D eigenvalue weighted by molar-refractivity contribution is -0.121. The molecule has 4 heteroatoms. The number of carbonyl (C=O) groups is 1. The van der Waals surface area contributed by atoms with Gasteiger partial charge in [0, 0.05) is 13.2 Å². The highest BCUT2D eigenvalue weighted by molar-refractivity contribution is 5.81. The lowest BCUT2D eigenvalue weighted by Crippen LogP contribution is -2.37. The summed E-state index contributed by atoms with van der Waals surface area (Å²) in [5.41, 5.74) is 0. The van der Waals surface area contributed by atoms with E-state index >= 15 is 0 Å². The highest BCUT2D eigenvalue weighted by Crippen LogP contribution is 2.17. The van der Waals surface area contributed by atoms with E-state index in [1.807, 2.05) is 0 Å². The normalized spacial score (nSPS) is 17.8. The number of carbonyl (C=O) groups excluding carboxylic acids is 1. The van der Waals surface area contributed by atoms with E-state index < -0.39 is 0 Å². The molecule has 0 aliphatic carbocycles. The van der Waals surface area contributed by atoms with Gasteiger partial charge in [-0.1, -0.05) is 64.7 Å². The van der Waals surface area contributed by atoms with Crippen LogP contribution < -0.4 is 0 Å². The summed E-state index contributed by atoms with van der Waals surface area (Å²) < 4.78 is 11.3. The average Bonchev–Trinajstić information content (AvgIpc) is 3.10. The van der Waals surface area contributed by atoms with Crippen molar-refractivity contribution in [2.75, 3.05) is 39.5 Å². The largest absolute Gasteiger partial charge is 0.379 e. The Bertz CT molecular complexity index is 335. The van der Waals surface area contributed by atoms with Crippen LogP contribution >= 0.6 is 0 Å². The molecule has 0 spiro atoms. The maximum atomic E-state index is 11.5. The first kappa shape index (κ1) is 23.6. The Balaban J connectivity index is 1.75. The van der Waals surface area contributed by atoms with Crippen LogP contribution in [0.3, 0.4) is 0 Å². The predicted molar refractivity (Wildman–Crippen MR) is 109 cm³/mol. The lowest BCUT2D eigenvalue weighted by Gasteiger charge is -2.21. The van der Waals surface area contributed by atoms with Crippen LogP contribution in [-0.2, 0) is 14.3 Å². The number of hydrogen-bond acceptors (Lipinski definition) is 4. The quantitative estimate of drug-likeness (QED) is 0.319. The predicted octanol–water partition coefficient (Wildman–Crippen LogP) is 4.99. The van der Waals surface area contributed by atoms with Gasteiger partial charge >= 0.3 is 0 Å². The first-order chi connectivity index (χ1) is 12.8. The molecule has 1 rings (SSSR count). The van der Waals surface area contributed by atoms with Gasteiger partial charge in [0.1, 0.15) is 5.78 Å². The molecule has 0 aromatic carbocycles. The van der Waals surface area contributed by atoms with Gasteiger partial charge in [-0.15, -0.1) is 0 Å². The number of rotatable bonds is 18. The Morgan fingerprint density at radius 1 is 0.846 bits per heavy atom. The van der Waals surface area contributed by atoms with Gasteiger partial charge in [0.15, 0.2) is 0 Å². The molecule has 0 N–H and O–H groups in total. The summed E-state index contributed by atoms with van der Waals surface area (Å²) >= 11 is 0. The van der Waals surface area contributed by atoms with E-state index in [1.165, 1.54) is 64.2 Å². The number of hydrogen-bond donors (Lipinski definition) is 0. The molecule has 26 heavy (non-hydrogen) atoms. The van der Waals surface area contributed by atoms with Crippen LogP contribution in [0.2, 0.25) is 0 Å². The average molecular weight is 370 g/mol. The fraction of sp³-hybridized carbons (Fsp3) is 0.955. The molecular weight excluding hydrogens is 326 g/mol. The molecule has 0 aromatic heterocycles. The third kappa shape index (κ3) is 12.0. The van der Waals surface area contributed by atoms with Crippen molar-refractivity contribution in [1.82, 2.24) is 4.90 Å². The second kappa shape index (κ2) is 16.7. The summed E-state index contributed by atoms with van der Waals surface area (Å²) in [7, 11) is 0. The topological polar surface area (TPSA) is 38.8 Å². The van der Waals surface area contributed by atoms with Gasteiger partial charge in [-0.25, -0.2) is 0 Å². The zero-order valence-corrected chi connectivity index (χ0v) is 17.5. The van der Waals surface area contributed by atoms with Gasteiger partial charge in [0.25, 0.3) is 0 Å². The van der Waals surface area contributed by atoms with Gasteiger partial charge < -0.3 is 9.47 Å². The molecule has 1 atom stereocenters. The Morgan fingerprint density at radius 3 is 2.04 bits per heavy atom. The number of nitrogens with zero attached hydrogens (tertiary/aromatic N) is 1. The molecule has 0 saturated carbocycles. The highest BCUT2D eigenvalue weighted by atomic mass is 16.5. The summed E-state index contributed by atoms with van der Waals surface area (Å²) in [6.07, 6.45) is 15.7. The van der Waals surface area contributed by atoms with Crippen molar-refractivity contribution in [2.45, 2.75) is 96.9 Å². The summed E-state index contributed by atoms with van der Waals surface area (Å²) in [5, 5.41) is 0. The fourth-order valence-electron chi connectivity index (χ4n) is 3.75. The SMILES string of the molecule is CCCCCCCCCCCCOCCOCCN1CCCC1C(C)=O. The van der Waals surface area contributed by atoms with Crippen LogP contribution in [0.5, 0.6) is 0 Å². The third-order valence-corrected chi connectivity index (χ3v) is 5.37. The van der Waals surface area contributed by atoms with E-state index in [0.29, 0.717) is 25.6 Å². The molecule has 1 heterocycles. The number of likely N-dealkylation sites (tertiary alicyclic amines) is 1. The fourth-order valence-corrected chi connectivity index (χ4v) is 3.75. The second-order valence-electron chi connectivity index (χ2n) is 7.71. The summed E-state index contributed by atoms with van der Waals surface area (Å²) in [4.78, 5) is 13.8. The van der Waals surface area contributed by atoms with Gasteiger partial charge in [0.2, 0.25) is 0 Å². The van der Waals surface area contributed by atoms with Crippen LogP contribution in [-0.4, -0.2) is 56.2 Å². The maximum absolute atomic E-state index is 11.5. The maximum Gasteiger partial charge on any atom is 0.146 e. The minimum Gasteiger partial charge on any atom is -0.379 e. The van der Waals surface area contributed by atoms with Gasteiger partial charge in [-0.3, -0.25) is 9.69 Å². The van der Waals surface area contributed by atoms with Gasteiger partial charge in [-0.05, 0) is 32.7 Å². The van der Waals surface area contributed by atoms with Crippen LogP contribution in [0.25, 0.3) is 0 Å². The number of Topliss-reactive ketones (excluding diaryl/α,β-unsaturated/α-hetero) is 1. The smallest absolute Gasteiger partial charge is 0.146 e. The van der Waals surface area contributed by atoms with Crippen molar-refractivity contribution < 1.29 is 14.3 Å². The van der Waals surface area contributed by atoms with Gasteiger partial charge in [0.05, 0.1) is 25.9 Å². The summed E-state index contributed by atoms with van der Waals surface area (Å²) in [6, 6.07) is 0.131. The Labute approximate surface area is 162 Å². The van der Waals surface area contributed by atoms with Crippen molar-refractivity contribution >= 4 is 5.78 Å². The van der Waals surface area contributed by atoms with E-state index in [0.717, 1.165) is 32.5 Å². The van der Waals surface area contributed by atoms with Crippen LogP contribution in [0.15, 0.2) is 0 Å². The Kier molecular flexibility index (Phi) is 15.2. The molecule has 1 aliphatic rings. The molecule has 1 aliphatic heterocycles. The minimum absolute atomic E-state index is 0.131. The highest BCUT2D eigenvalue weighted by Gasteiger charge is 2.27. The molecule has 1 fully saturated rings. The van der Waals surface area contributed by atoms with Crippen LogP contribution in [0.4, 0.5) is 0 Å². The van der Waals surface area contributed by atoms with Crippen molar-refractivity contribution in [1.29, 1.82) is 0 Å². The number of ketones is 1. The zero-order chi connectivity index (χ0) is 18.9. The van der Waals surface area contributed by atoms with Crippen molar-refractivity contribution in [3.05, 3.63) is 0 Å². The molecule has 0 bridgehead atoms. The van der Waals surface area contributed by atoms with Crippen LogP contribution in [0.1, 0.15) is 90.9 Å². The van der Waals surface area contributed by atoms with Crippen molar-refractivity contribution in [3.8, 4) is 0 Å². The standard InChI is InChI=1S/C22H43NO3/c1-3-4-5-6-7-8-9-10-11-12-17-25-19-20-26-18-16-23-15-13-14-22(23)21(2)24/h22H,3-20H2,1-2H3. The third-order valence-electron chi connectivity index (χ3n) is 5.37. The van der Waals surface area contributed by atoms with E-state index in [-0.39, 0.29) is 6.04 Å². The molecule has 1 unspecified atom stereocenters. The molecule has 4 nitrogen and oxygen atoms in total. The molecule has 154 valence electrons. The Morgan fingerprint density at radius 2 is 1.42 bits per heavy atom. The molecule has 1 saturated heterocycles. The van der Waals surface area contributed by atoms with Gasteiger partial charge in [-0.2, -0.15) is 0 Å². The molecular formula is C22H43NO3. The number of unbranched alkanes of at least 4 members (excludes halogenated alkanes) is 9. The monoisotopic (exact) mass is 369 g/mol. The summed E-state index contributed by atoms with van der Waals surface area (Å²) in [5.74, 6) is 0.294. The summed E-state index contributed by atoms with van der Waals surface area (Å²) in [6.45, 7) is 8.78. The number of ether oxygens (including phenoxy) is 2. The first-order valence-electron chi connectivity index (χ1n) is 11.2. The molecule has 0 aromatic rings. The van der Waals surface area contributed by atoms with E-state index in [4.69, 9.17) is 9.47 Å². The van der Waals surface area contributed by atoms with Crippen LogP contribution in [0, 0.1) is 0 Å². The lowest BCUT2D eigenvalue weighted by atomic mass is 10.1. The minimum atomic E-state index is 0.131. The first-order valence-corrected chi connectivity index (χ1v) is 11.2. The van der Waals surface area contributed by atoms with Crippen molar-refractivity contribution in [3.63, 3.8) is 0 Å². The Hall–Kier alpha value is -0.450. The van der Waals surface area contributed by atoms with E-state index in [9.17, 15) is 4.79 Å². The van der Waals surface area contributed by atoms with E-state index in [1.54, 1.807) is 6.92 Å².